The van der Waals surface area contributed by atoms with Crippen LogP contribution in [0.5, 0.6) is 5.75 Å². The number of nitrogens with one attached hydrogen (secondary N) is 2. The number of thiocarbonyl (C=S) groups is 1. The van der Waals surface area contributed by atoms with Gasteiger partial charge in [-0.2, -0.15) is 0 Å². The van der Waals surface area contributed by atoms with E-state index in [0.717, 1.165) is 23.9 Å². The summed E-state index contributed by atoms with van der Waals surface area (Å²) in [4.78, 5) is 17.5. The molecule has 0 amide bonds. The number of ether oxygens (including phenoxy) is 1. The maximum atomic E-state index is 14.3. The van der Waals surface area contributed by atoms with Gasteiger partial charge in [0, 0.05) is 24.3 Å². The Kier molecular flexibility index (Phi) is 6.49. The second kappa shape index (κ2) is 9.47. The molecule has 0 radical (unpaired) electrons. The lowest BCUT2D eigenvalue weighted by Crippen LogP contribution is -2.61. The SMILES string of the molecule is COc1ccc(CCn2cnc3cc(NC(=S)N[C@@H]4C[C@H]5C[C@@H]([C@@H]4C)C5(C)C)ccc3c2=O)c(F)c1. The van der Waals surface area contributed by atoms with Crippen molar-refractivity contribution < 1.29 is 9.13 Å². The molecule has 2 N–H and O–H groups in total. The molecular formula is C28H33FN4O2S. The monoisotopic (exact) mass is 508 g/mol. The fourth-order valence-corrected chi connectivity index (χ4v) is 6.44. The Bertz CT molecular complexity index is 1370. The van der Waals surface area contributed by atoms with Crippen molar-refractivity contribution in [1.29, 1.82) is 0 Å². The highest BCUT2D eigenvalue weighted by Gasteiger charge is 2.56. The van der Waals surface area contributed by atoms with E-state index in [4.69, 9.17) is 17.0 Å². The molecule has 1 heterocycles. The molecular weight excluding hydrogens is 475 g/mol. The lowest BCUT2D eigenvalue weighted by molar-refractivity contribution is -0.111. The van der Waals surface area contributed by atoms with Crippen LogP contribution in [0.25, 0.3) is 10.9 Å². The normalized spacial score (nSPS) is 24.1. The Labute approximate surface area is 216 Å². The summed E-state index contributed by atoms with van der Waals surface area (Å²) in [5.41, 5.74) is 2.19. The smallest absolute Gasteiger partial charge is 0.261 e. The van der Waals surface area contributed by atoms with E-state index in [1.807, 2.05) is 12.1 Å². The van der Waals surface area contributed by atoms with Gasteiger partial charge in [-0.3, -0.25) is 9.36 Å². The average molecular weight is 509 g/mol. The van der Waals surface area contributed by atoms with Gasteiger partial charge in [0.25, 0.3) is 5.56 Å². The molecule has 2 aromatic carbocycles. The van der Waals surface area contributed by atoms with E-state index in [2.05, 4.69) is 36.4 Å². The highest BCUT2D eigenvalue weighted by Crippen LogP contribution is 2.61. The molecule has 36 heavy (non-hydrogen) atoms. The third-order valence-corrected chi connectivity index (χ3v) is 8.86. The summed E-state index contributed by atoms with van der Waals surface area (Å²) in [6.45, 7) is 7.44. The van der Waals surface area contributed by atoms with Crippen LogP contribution >= 0.6 is 12.2 Å². The predicted octanol–water partition coefficient (Wildman–Crippen LogP) is 5.14. The van der Waals surface area contributed by atoms with Crippen molar-refractivity contribution in [3.8, 4) is 5.75 Å². The summed E-state index contributed by atoms with van der Waals surface area (Å²) in [5, 5.41) is 7.90. The van der Waals surface area contributed by atoms with Crippen molar-refractivity contribution in [2.45, 2.75) is 52.6 Å². The van der Waals surface area contributed by atoms with Crippen molar-refractivity contribution in [2.75, 3.05) is 12.4 Å². The molecule has 3 aromatic rings. The highest BCUT2D eigenvalue weighted by molar-refractivity contribution is 7.80. The number of hydrogen-bond acceptors (Lipinski definition) is 4. The van der Waals surface area contributed by atoms with E-state index in [1.54, 1.807) is 18.2 Å². The summed E-state index contributed by atoms with van der Waals surface area (Å²) in [5.74, 6) is 2.19. The number of aryl methyl sites for hydroxylation is 2. The maximum Gasteiger partial charge on any atom is 0.261 e. The zero-order valence-electron chi connectivity index (χ0n) is 21.2. The van der Waals surface area contributed by atoms with Gasteiger partial charge in [0.2, 0.25) is 0 Å². The minimum atomic E-state index is -0.347. The van der Waals surface area contributed by atoms with Crippen LogP contribution in [-0.2, 0) is 13.0 Å². The molecule has 8 heteroatoms. The van der Waals surface area contributed by atoms with Gasteiger partial charge >= 0.3 is 0 Å². The number of halogens is 1. The molecule has 1 aromatic heterocycles. The molecule has 0 spiro atoms. The van der Waals surface area contributed by atoms with Crippen LogP contribution in [0.3, 0.4) is 0 Å². The molecule has 190 valence electrons. The molecule has 0 aliphatic heterocycles. The van der Waals surface area contributed by atoms with Gasteiger partial charge in [-0.25, -0.2) is 9.37 Å². The summed E-state index contributed by atoms with van der Waals surface area (Å²) in [6, 6.07) is 10.6. The first kappa shape index (κ1) is 24.7. The minimum Gasteiger partial charge on any atom is -0.497 e. The number of nitrogens with zero attached hydrogens (tertiary/aromatic N) is 2. The number of fused-ring (bicyclic) bond motifs is 3. The standard InChI is InChI=1S/C28H33FN4O2S/c1-16-22-11-18(28(22,2)3)12-24(16)32-27(36)31-19-6-8-21-25(13-19)30-15-33(26(21)34)10-9-17-5-7-20(35-4)14-23(17)29/h5-8,13-16,18,22,24H,9-12H2,1-4H3,(H2,31,32,36)/t16-,18+,22-,24+/m0/s1. The van der Waals surface area contributed by atoms with Crippen LogP contribution in [0, 0.1) is 29.0 Å². The second-order valence-corrected chi connectivity index (χ2v) is 11.3. The van der Waals surface area contributed by atoms with E-state index in [-0.39, 0.29) is 11.4 Å². The van der Waals surface area contributed by atoms with Gasteiger partial charge in [-0.15, -0.1) is 0 Å². The summed E-state index contributed by atoms with van der Waals surface area (Å²) < 4.78 is 20.8. The largest absolute Gasteiger partial charge is 0.497 e. The van der Waals surface area contributed by atoms with E-state index in [0.29, 0.717) is 57.7 Å². The molecule has 6 nitrogen and oxygen atoms in total. The lowest BCUT2D eigenvalue weighted by atomic mass is 9.45. The number of benzene rings is 2. The first-order chi connectivity index (χ1) is 17.2. The van der Waals surface area contributed by atoms with Crippen molar-refractivity contribution in [1.82, 2.24) is 14.9 Å². The molecule has 3 fully saturated rings. The number of hydrogen-bond donors (Lipinski definition) is 2. The number of methoxy groups -OCH3 is 1. The number of rotatable bonds is 6. The fraction of sp³-hybridized carbons (Fsp3) is 0.464. The fourth-order valence-electron chi connectivity index (χ4n) is 6.17. The molecule has 3 aliphatic rings. The minimum absolute atomic E-state index is 0.154. The predicted molar refractivity (Wildman–Crippen MR) is 145 cm³/mol. The van der Waals surface area contributed by atoms with Crippen LogP contribution in [0.2, 0.25) is 0 Å². The third-order valence-electron chi connectivity index (χ3n) is 8.64. The Balaban J connectivity index is 1.24. The Hall–Kier alpha value is -3.00. The third kappa shape index (κ3) is 4.47. The molecule has 2 bridgehead atoms. The van der Waals surface area contributed by atoms with Crippen LogP contribution in [0.15, 0.2) is 47.5 Å². The van der Waals surface area contributed by atoms with Crippen LogP contribution in [0.1, 0.15) is 39.2 Å². The second-order valence-electron chi connectivity index (χ2n) is 10.8. The number of anilines is 1. The van der Waals surface area contributed by atoms with Gasteiger partial charge in [0.05, 0.1) is 24.3 Å². The number of aromatic nitrogens is 2. The summed E-state index contributed by atoms with van der Waals surface area (Å²) >= 11 is 5.61. The van der Waals surface area contributed by atoms with Gasteiger partial charge in [0.1, 0.15) is 11.6 Å². The van der Waals surface area contributed by atoms with E-state index in [9.17, 15) is 9.18 Å². The van der Waals surface area contributed by atoms with Crippen molar-refractivity contribution in [3.05, 3.63) is 64.5 Å². The van der Waals surface area contributed by atoms with Crippen LogP contribution < -0.4 is 20.9 Å². The lowest BCUT2D eigenvalue weighted by Gasteiger charge is -2.62. The van der Waals surface area contributed by atoms with Gasteiger partial charge < -0.3 is 15.4 Å². The average Bonchev–Trinajstić information content (AvgIpc) is 2.85. The highest BCUT2D eigenvalue weighted by atomic mass is 32.1. The summed E-state index contributed by atoms with van der Waals surface area (Å²) in [6.07, 6.45) is 4.37. The first-order valence-corrected chi connectivity index (χ1v) is 13.0. The van der Waals surface area contributed by atoms with Gasteiger partial charge in [-0.1, -0.05) is 26.8 Å². The Morgan fingerprint density at radius 2 is 2.06 bits per heavy atom. The zero-order chi connectivity index (χ0) is 25.6. The van der Waals surface area contributed by atoms with Crippen LogP contribution in [-0.4, -0.2) is 27.8 Å². The molecule has 4 atom stereocenters. The van der Waals surface area contributed by atoms with E-state index >= 15 is 0 Å². The molecule has 3 aliphatic carbocycles. The van der Waals surface area contributed by atoms with Crippen LogP contribution in [0.4, 0.5) is 10.1 Å². The van der Waals surface area contributed by atoms with Crippen molar-refractivity contribution >= 4 is 33.9 Å². The molecule has 0 saturated heterocycles. The van der Waals surface area contributed by atoms with E-state index < -0.39 is 0 Å². The van der Waals surface area contributed by atoms with Crippen molar-refractivity contribution in [2.24, 2.45) is 23.2 Å². The molecule has 3 saturated carbocycles. The van der Waals surface area contributed by atoms with Crippen molar-refractivity contribution in [3.63, 3.8) is 0 Å². The molecule has 0 unspecified atom stereocenters. The quantitative estimate of drug-likeness (QED) is 0.449. The first-order valence-electron chi connectivity index (χ1n) is 12.6. The topological polar surface area (TPSA) is 68.2 Å². The summed E-state index contributed by atoms with van der Waals surface area (Å²) in [7, 11) is 1.50. The zero-order valence-corrected chi connectivity index (χ0v) is 22.0. The Morgan fingerprint density at radius 3 is 2.75 bits per heavy atom. The van der Waals surface area contributed by atoms with Gasteiger partial charge in [0.15, 0.2) is 5.11 Å². The van der Waals surface area contributed by atoms with E-state index in [1.165, 1.54) is 30.5 Å². The Morgan fingerprint density at radius 1 is 1.25 bits per heavy atom. The molecule has 6 rings (SSSR count). The van der Waals surface area contributed by atoms with Gasteiger partial charge in [-0.05, 0) is 84.5 Å². The maximum absolute atomic E-state index is 14.3.